The third-order valence-electron chi connectivity index (χ3n) is 4.01. The molecule has 2 rings (SSSR count). The Hall–Kier alpha value is -2.11. The van der Waals surface area contributed by atoms with E-state index in [1.165, 1.54) is 7.11 Å². The molecule has 1 amide bonds. The van der Waals surface area contributed by atoms with Gasteiger partial charge in [0.05, 0.1) is 33.3 Å². The number of ether oxygens (including phenoxy) is 1. The van der Waals surface area contributed by atoms with Crippen LogP contribution in [0.2, 0.25) is 0 Å². The first-order valence-electron chi connectivity index (χ1n) is 7.86. The molecule has 11 heteroatoms. The molecule has 0 aromatic heterocycles. The van der Waals surface area contributed by atoms with Crippen molar-refractivity contribution in [2.24, 2.45) is 0 Å². The van der Waals surface area contributed by atoms with Crippen LogP contribution in [0.15, 0.2) is 23.1 Å². The van der Waals surface area contributed by atoms with Crippen molar-refractivity contribution in [1.29, 1.82) is 0 Å². The lowest BCUT2D eigenvalue weighted by Gasteiger charge is -2.31. The molecule has 2 N–H and O–H groups in total. The van der Waals surface area contributed by atoms with Crippen LogP contribution in [0.3, 0.4) is 0 Å². The first-order chi connectivity index (χ1) is 12.2. The number of quaternary nitrogens is 1. The Labute approximate surface area is 149 Å². The summed E-state index contributed by atoms with van der Waals surface area (Å²) in [6.45, 7) is 0.724. The minimum atomic E-state index is -4.07. The Bertz CT molecular complexity index is 779. The number of amides is 1. The molecule has 144 valence electrons. The third kappa shape index (κ3) is 4.96. The number of halogens is 2. The molecule has 0 bridgehead atoms. The van der Waals surface area contributed by atoms with Gasteiger partial charge in [-0.25, -0.2) is 17.2 Å². The Morgan fingerprint density at radius 2 is 1.92 bits per heavy atom. The molecule has 0 unspecified atom stereocenters. The number of hydrogen-bond acceptors (Lipinski definition) is 5. The van der Waals surface area contributed by atoms with Crippen molar-refractivity contribution in [1.82, 2.24) is 9.62 Å². The second-order valence-electron chi connectivity index (χ2n) is 5.76. The highest BCUT2D eigenvalue weighted by atomic mass is 32.2. The largest absolute Gasteiger partial charge is 0.468 e. The molecule has 1 aromatic carbocycles. The van der Waals surface area contributed by atoms with Crippen LogP contribution in [0.4, 0.5) is 8.78 Å². The Morgan fingerprint density at radius 1 is 1.27 bits per heavy atom. The van der Waals surface area contributed by atoms with Crippen molar-refractivity contribution in [3.8, 4) is 0 Å². The average Bonchev–Trinajstić information content (AvgIpc) is 2.59. The van der Waals surface area contributed by atoms with Crippen molar-refractivity contribution in [2.45, 2.75) is 4.90 Å². The number of carbonyl (C=O) groups is 2. The molecule has 0 atom stereocenters. The van der Waals surface area contributed by atoms with E-state index in [9.17, 15) is 26.8 Å². The minimum Gasteiger partial charge on any atom is -0.468 e. The van der Waals surface area contributed by atoms with Gasteiger partial charge in [-0.05, 0) is 12.1 Å². The molecular formula is C15H20F2N3O5S+. The van der Waals surface area contributed by atoms with E-state index in [2.05, 4.69) is 10.1 Å². The molecule has 1 fully saturated rings. The smallest absolute Gasteiger partial charge is 0.325 e. The van der Waals surface area contributed by atoms with Gasteiger partial charge in [0.1, 0.15) is 23.1 Å². The molecule has 0 spiro atoms. The fourth-order valence-corrected chi connectivity index (χ4v) is 4.06. The summed E-state index contributed by atoms with van der Waals surface area (Å²) in [5.74, 6) is -2.91. The normalized spacial score (nSPS) is 16.3. The maximum absolute atomic E-state index is 13.8. The molecule has 1 aliphatic heterocycles. The van der Waals surface area contributed by atoms with E-state index < -0.39 is 32.5 Å². The predicted molar refractivity (Wildman–Crippen MR) is 85.7 cm³/mol. The van der Waals surface area contributed by atoms with Gasteiger partial charge in [0, 0.05) is 6.07 Å². The van der Waals surface area contributed by atoms with Crippen LogP contribution in [0.25, 0.3) is 0 Å². The van der Waals surface area contributed by atoms with Crippen LogP contribution in [-0.2, 0) is 24.3 Å². The summed E-state index contributed by atoms with van der Waals surface area (Å²) < 4.78 is 57.2. The molecule has 26 heavy (non-hydrogen) atoms. The van der Waals surface area contributed by atoms with E-state index >= 15 is 0 Å². The zero-order valence-corrected chi connectivity index (χ0v) is 14.9. The quantitative estimate of drug-likeness (QED) is 0.554. The summed E-state index contributed by atoms with van der Waals surface area (Å²) >= 11 is 0. The number of nitrogens with one attached hydrogen (secondary N) is 2. The highest BCUT2D eigenvalue weighted by molar-refractivity contribution is 7.89. The minimum absolute atomic E-state index is 0.0792. The number of benzene rings is 1. The lowest BCUT2D eigenvalue weighted by molar-refractivity contribution is -0.895. The summed E-state index contributed by atoms with van der Waals surface area (Å²) in [6, 6.07) is 2.32. The topological polar surface area (TPSA) is 97.2 Å². The highest BCUT2D eigenvalue weighted by Gasteiger charge is 2.33. The molecule has 0 saturated carbocycles. The van der Waals surface area contributed by atoms with Crippen LogP contribution < -0.4 is 10.2 Å². The summed E-state index contributed by atoms with van der Waals surface area (Å²) in [7, 11) is -2.86. The van der Waals surface area contributed by atoms with Crippen LogP contribution in [0, 0.1) is 11.6 Å². The molecule has 1 saturated heterocycles. The maximum atomic E-state index is 13.8. The number of methoxy groups -OCH3 is 1. The van der Waals surface area contributed by atoms with E-state index in [4.69, 9.17) is 0 Å². The van der Waals surface area contributed by atoms with Crippen molar-refractivity contribution >= 4 is 21.9 Å². The second-order valence-corrected chi connectivity index (χ2v) is 7.66. The van der Waals surface area contributed by atoms with Crippen molar-refractivity contribution in [3.63, 3.8) is 0 Å². The fraction of sp³-hybridized carbons (Fsp3) is 0.467. The standard InChI is InChI=1S/C15H19F2N3O5S/c1-25-15(22)9-18-14(21)10-19-4-6-20(7-5-19)26(23,24)13-3-2-11(16)8-12(13)17/h2-3,8H,4-7,9-10H2,1H3,(H,18,21)/p+1. The molecular weight excluding hydrogens is 372 g/mol. The number of rotatable bonds is 6. The Morgan fingerprint density at radius 3 is 2.50 bits per heavy atom. The van der Waals surface area contributed by atoms with Gasteiger partial charge in [-0.2, -0.15) is 4.31 Å². The van der Waals surface area contributed by atoms with Crippen LogP contribution >= 0.6 is 0 Å². The Balaban J connectivity index is 1.91. The zero-order valence-electron chi connectivity index (χ0n) is 14.1. The fourth-order valence-electron chi connectivity index (χ4n) is 2.58. The summed E-state index contributed by atoms with van der Waals surface area (Å²) in [5, 5.41) is 2.41. The van der Waals surface area contributed by atoms with Gasteiger partial charge < -0.3 is 15.0 Å². The lowest BCUT2D eigenvalue weighted by atomic mass is 10.3. The number of sulfonamides is 1. The number of nitrogens with zero attached hydrogens (tertiary/aromatic N) is 1. The monoisotopic (exact) mass is 392 g/mol. The zero-order chi connectivity index (χ0) is 19.3. The molecule has 0 aliphatic carbocycles. The molecule has 1 heterocycles. The van der Waals surface area contributed by atoms with E-state index in [1.54, 1.807) is 0 Å². The molecule has 1 aliphatic rings. The second kappa shape index (κ2) is 8.52. The van der Waals surface area contributed by atoms with Gasteiger partial charge in [-0.15, -0.1) is 0 Å². The molecule has 8 nitrogen and oxygen atoms in total. The third-order valence-corrected chi connectivity index (χ3v) is 5.94. The molecule has 0 radical (unpaired) electrons. The summed E-state index contributed by atoms with van der Waals surface area (Å²) in [5.41, 5.74) is 0. The van der Waals surface area contributed by atoms with Gasteiger partial charge in [0.2, 0.25) is 10.0 Å². The van der Waals surface area contributed by atoms with E-state index in [1.807, 2.05) is 0 Å². The van der Waals surface area contributed by atoms with Gasteiger partial charge in [-0.1, -0.05) is 0 Å². The number of hydrogen-bond donors (Lipinski definition) is 2. The van der Waals surface area contributed by atoms with Crippen molar-refractivity contribution in [2.75, 3.05) is 46.4 Å². The highest BCUT2D eigenvalue weighted by Crippen LogP contribution is 2.20. The summed E-state index contributed by atoms with van der Waals surface area (Å²) in [6.07, 6.45) is 0. The molecule has 1 aromatic rings. The van der Waals surface area contributed by atoms with Gasteiger partial charge >= 0.3 is 5.97 Å². The number of carbonyl (C=O) groups excluding carboxylic acids is 2. The maximum Gasteiger partial charge on any atom is 0.325 e. The van der Waals surface area contributed by atoms with Crippen molar-refractivity contribution in [3.05, 3.63) is 29.8 Å². The first kappa shape index (κ1) is 20.2. The van der Waals surface area contributed by atoms with Crippen LogP contribution in [0.5, 0.6) is 0 Å². The van der Waals surface area contributed by atoms with Crippen LogP contribution in [-0.4, -0.2) is 71.0 Å². The predicted octanol–water partition coefficient (Wildman–Crippen LogP) is -1.86. The van der Waals surface area contributed by atoms with Crippen LogP contribution in [0.1, 0.15) is 0 Å². The SMILES string of the molecule is COC(=O)CNC(=O)C[NH+]1CCN(S(=O)(=O)c2ccc(F)cc2F)CC1. The van der Waals surface area contributed by atoms with Gasteiger partial charge in [-0.3, -0.25) is 9.59 Å². The number of esters is 1. The van der Waals surface area contributed by atoms with E-state index in [0.717, 1.165) is 21.3 Å². The Kier molecular flexibility index (Phi) is 6.62. The van der Waals surface area contributed by atoms with E-state index in [-0.39, 0.29) is 32.1 Å². The van der Waals surface area contributed by atoms with E-state index in [0.29, 0.717) is 19.2 Å². The van der Waals surface area contributed by atoms with Gasteiger partial charge in [0.15, 0.2) is 6.54 Å². The average molecular weight is 392 g/mol. The lowest BCUT2D eigenvalue weighted by Crippen LogP contribution is -3.15. The first-order valence-corrected chi connectivity index (χ1v) is 9.30. The van der Waals surface area contributed by atoms with Crippen molar-refractivity contribution < 1.29 is 36.4 Å². The summed E-state index contributed by atoms with van der Waals surface area (Å²) in [4.78, 5) is 23.0. The number of piperazine rings is 1. The van der Waals surface area contributed by atoms with Gasteiger partial charge in [0.25, 0.3) is 5.91 Å².